The summed E-state index contributed by atoms with van der Waals surface area (Å²) in [6.45, 7) is 1.79. The van der Waals surface area contributed by atoms with Gasteiger partial charge in [-0.05, 0) is 44.0 Å². The lowest BCUT2D eigenvalue weighted by Crippen LogP contribution is -2.43. The van der Waals surface area contributed by atoms with E-state index in [0.29, 0.717) is 29.6 Å². The van der Waals surface area contributed by atoms with E-state index in [9.17, 15) is 4.79 Å². The van der Waals surface area contributed by atoms with Crippen molar-refractivity contribution in [3.63, 3.8) is 0 Å². The Bertz CT molecular complexity index is 668. The number of nitrogens with two attached hydrogens (primary N) is 1. The van der Waals surface area contributed by atoms with Gasteiger partial charge in [-0.25, -0.2) is 0 Å². The van der Waals surface area contributed by atoms with Crippen molar-refractivity contribution in [3.05, 3.63) is 35.1 Å². The molecular formula is C14H16Cl2N4O2. The third-order valence-corrected chi connectivity index (χ3v) is 3.76. The zero-order valence-electron chi connectivity index (χ0n) is 11.9. The third-order valence-electron chi connectivity index (χ3n) is 3.51. The van der Waals surface area contributed by atoms with Gasteiger partial charge in [0.05, 0.1) is 11.6 Å². The lowest BCUT2D eigenvalue weighted by Gasteiger charge is -2.13. The monoisotopic (exact) mass is 342 g/mol. The van der Waals surface area contributed by atoms with Crippen LogP contribution >= 0.6 is 24.0 Å². The first kappa shape index (κ1) is 16.7. The average molecular weight is 343 g/mol. The van der Waals surface area contributed by atoms with Gasteiger partial charge in [0, 0.05) is 10.6 Å². The van der Waals surface area contributed by atoms with Crippen LogP contribution in [-0.4, -0.2) is 21.6 Å². The number of aromatic nitrogens is 2. The van der Waals surface area contributed by atoms with Gasteiger partial charge in [-0.2, -0.15) is 4.98 Å². The molecule has 3 rings (SSSR count). The molecule has 1 fully saturated rings. The van der Waals surface area contributed by atoms with Gasteiger partial charge in [0.15, 0.2) is 5.82 Å². The molecule has 1 aliphatic carbocycles. The van der Waals surface area contributed by atoms with Gasteiger partial charge in [0.2, 0.25) is 5.91 Å². The van der Waals surface area contributed by atoms with E-state index in [1.54, 1.807) is 31.2 Å². The number of nitrogens with zero attached hydrogens (tertiary/aromatic N) is 2. The zero-order chi connectivity index (χ0) is 15.0. The molecule has 1 atom stereocenters. The number of amides is 1. The van der Waals surface area contributed by atoms with E-state index >= 15 is 0 Å². The first-order valence-electron chi connectivity index (χ1n) is 6.67. The highest BCUT2D eigenvalue weighted by atomic mass is 35.5. The largest absolute Gasteiger partial charge is 0.345 e. The molecule has 0 aliphatic heterocycles. The molecule has 22 heavy (non-hydrogen) atoms. The minimum absolute atomic E-state index is 0. The van der Waals surface area contributed by atoms with E-state index in [2.05, 4.69) is 15.5 Å². The molecule has 1 unspecified atom stereocenters. The van der Waals surface area contributed by atoms with Crippen molar-refractivity contribution >= 4 is 29.9 Å². The van der Waals surface area contributed by atoms with Crippen molar-refractivity contribution in [1.82, 2.24) is 15.5 Å². The number of carbonyl (C=O) groups excluding carboxylic acids is 1. The summed E-state index contributed by atoms with van der Waals surface area (Å²) in [4.78, 5) is 16.2. The maximum Gasteiger partial charge on any atom is 0.257 e. The molecule has 1 aliphatic rings. The summed E-state index contributed by atoms with van der Waals surface area (Å²) in [5.41, 5.74) is 5.90. The Hall–Kier alpha value is -1.63. The van der Waals surface area contributed by atoms with Gasteiger partial charge in [-0.3, -0.25) is 4.79 Å². The van der Waals surface area contributed by atoms with E-state index in [1.807, 2.05) is 0 Å². The number of rotatable bonds is 4. The summed E-state index contributed by atoms with van der Waals surface area (Å²) in [5.74, 6) is 0.627. The van der Waals surface area contributed by atoms with E-state index in [0.717, 1.165) is 5.56 Å². The number of halogens is 2. The van der Waals surface area contributed by atoms with Crippen molar-refractivity contribution in [1.29, 1.82) is 0 Å². The quantitative estimate of drug-likeness (QED) is 0.889. The van der Waals surface area contributed by atoms with Crippen LogP contribution < -0.4 is 11.1 Å². The number of benzene rings is 1. The summed E-state index contributed by atoms with van der Waals surface area (Å²) < 4.78 is 5.21. The lowest BCUT2D eigenvalue weighted by atomic mass is 10.2. The van der Waals surface area contributed by atoms with Gasteiger partial charge in [-0.15, -0.1) is 12.4 Å². The first-order chi connectivity index (χ1) is 9.98. The molecule has 2 aromatic rings. The smallest absolute Gasteiger partial charge is 0.257 e. The molecule has 1 amide bonds. The second-order valence-electron chi connectivity index (χ2n) is 5.32. The van der Waals surface area contributed by atoms with E-state index in [4.69, 9.17) is 21.9 Å². The highest BCUT2D eigenvalue weighted by molar-refractivity contribution is 6.30. The topological polar surface area (TPSA) is 94.0 Å². The highest BCUT2D eigenvalue weighted by Crippen LogP contribution is 2.32. The Morgan fingerprint density at radius 2 is 2.05 bits per heavy atom. The van der Waals surface area contributed by atoms with E-state index in [-0.39, 0.29) is 24.4 Å². The third kappa shape index (κ3) is 3.40. The summed E-state index contributed by atoms with van der Waals surface area (Å²) in [6.07, 6.45) is 1.43. The van der Waals surface area contributed by atoms with Crippen molar-refractivity contribution < 1.29 is 9.32 Å². The van der Waals surface area contributed by atoms with Crippen LogP contribution in [0, 0.1) is 0 Å². The molecule has 8 heteroatoms. The number of carbonyl (C=O) groups is 1. The molecule has 0 radical (unpaired) electrons. The van der Waals surface area contributed by atoms with Crippen LogP contribution in [0.4, 0.5) is 0 Å². The van der Waals surface area contributed by atoms with E-state index in [1.165, 1.54) is 0 Å². The number of nitrogens with one attached hydrogen (secondary N) is 1. The van der Waals surface area contributed by atoms with Gasteiger partial charge < -0.3 is 15.6 Å². The minimum Gasteiger partial charge on any atom is -0.345 e. The molecule has 118 valence electrons. The Balaban J connectivity index is 0.00000176. The van der Waals surface area contributed by atoms with Crippen LogP contribution in [0.15, 0.2) is 28.8 Å². The Labute approximate surface area is 138 Å². The Morgan fingerprint density at radius 1 is 1.41 bits per heavy atom. The van der Waals surface area contributed by atoms with Crippen molar-refractivity contribution in [2.75, 3.05) is 0 Å². The maximum absolute atomic E-state index is 11.9. The maximum atomic E-state index is 11.9. The summed E-state index contributed by atoms with van der Waals surface area (Å²) in [6, 6.07) is 6.72. The standard InChI is InChI=1S/C14H15ClN4O2.ClH/c1-8(17-13(20)14(16)6-7-14)11-18-12(21-19-11)9-2-4-10(15)5-3-9;/h2-5,8H,6-7,16H2,1H3,(H,17,20);1H. The van der Waals surface area contributed by atoms with Crippen LogP contribution in [-0.2, 0) is 4.79 Å². The van der Waals surface area contributed by atoms with Crippen molar-refractivity contribution in [3.8, 4) is 11.5 Å². The summed E-state index contributed by atoms with van der Waals surface area (Å²) >= 11 is 5.83. The SMILES string of the molecule is CC(NC(=O)C1(N)CC1)c1noc(-c2ccc(Cl)cc2)n1.Cl. The van der Waals surface area contributed by atoms with Crippen LogP contribution in [0.3, 0.4) is 0 Å². The fourth-order valence-electron chi connectivity index (χ4n) is 1.89. The molecule has 0 saturated heterocycles. The molecule has 1 aromatic carbocycles. The molecule has 0 spiro atoms. The predicted octanol–water partition coefficient (Wildman–Crippen LogP) is 2.48. The predicted molar refractivity (Wildman–Crippen MR) is 84.7 cm³/mol. The van der Waals surface area contributed by atoms with Gasteiger partial charge in [0.25, 0.3) is 5.89 Å². The molecular weight excluding hydrogens is 327 g/mol. The number of hydrogen-bond donors (Lipinski definition) is 2. The Kier molecular flexibility index (Phi) is 4.75. The fourth-order valence-corrected chi connectivity index (χ4v) is 2.01. The molecule has 3 N–H and O–H groups in total. The molecule has 6 nitrogen and oxygen atoms in total. The molecule has 1 aromatic heterocycles. The van der Waals surface area contributed by atoms with Gasteiger partial charge >= 0.3 is 0 Å². The lowest BCUT2D eigenvalue weighted by molar-refractivity contribution is -0.123. The average Bonchev–Trinajstić information content (AvgIpc) is 3.03. The van der Waals surface area contributed by atoms with Gasteiger partial charge in [-0.1, -0.05) is 16.8 Å². The van der Waals surface area contributed by atoms with Crippen LogP contribution in [0.2, 0.25) is 5.02 Å². The molecule has 1 heterocycles. The second-order valence-corrected chi connectivity index (χ2v) is 5.75. The van der Waals surface area contributed by atoms with Gasteiger partial charge in [0.1, 0.15) is 0 Å². The van der Waals surface area contributed by atoms with Crippen LogP contribution in [0.5, 0.6) is 0 Å². The summed E-state index contributed by atoms with van der Waals surface area (Å²) in [7, 11) is 0. The fraction of sp³-hybridized carbons (Fsp3) is 0.357. The van der Waals surface area contributed by atoms with E-state index < -0.39 is 5.54 Å². The van der Waals surface area contributed by atoms with Crippen molar-refractivity contribution in [2.45, 2.75) is 31.3 Å². The van der Waals surface area contributed by atoms with Crippen LogP contribution in [0.25, 0.3) is 11.5 Å². The second kappa shape index (κ2) is 6.24. The van der Waals surface area contributed by atoms with Crippen molar-refractivity contribution in [2.24, 2.45) is 5.73 Å². The zero-order valence-corrected chi connectivity index (χ0v) is 13.4. The summed E-state index contributed by atoms with van der Waals surface area (Å²) in [5, 5.41) is 7.33. The molecule has 1 saturated carbocycles. The molecule has 0 bridgehead atoms. The highest BCUT2D eigenvalue weighted by Gasteiger charge is 2.46. The first-order valence-corrected chi connectivity index (χ1v) is 7.05. The van der Waals surface area contributed by atoms with Crippen LogP contribution in [0.1, 0.15) is 31.6 Å². The number of hydrogen-bond acceptors (Lipinski definition) is 5. The normalized spacial score (nSPS) is 16.5. The minimum atomic E-state index is -0.711. The Morgan fingerprint density at radius 3 is 2.64 bits per heavy atom.